The van der Waals surface area contributed by atoms with Crippen molar-refractivity contribution < 1.29 is 8.42 Å². The Hall–Kier alpha value is -1.11. The number of nitrogen functional groups attached to an aromatic ring is 1. The van der Waals surface area contributed by atoms with Crippen molar-refractivity contribution in [1.82, 2.24) is 15.4 Å². The molecule has 3 N–H and O–H groups in total. The van der Waals surface area contributed by atoms with Gasteiger partial charge >= 0.3 is 0 Å². The molecule has 0 aliphatic heterocycles. The number of nitrogens with one attached hydrogen (secondary N) is 1. The first-order chi connectivity index (χ1) is 5.55. The summed E-state index contributed by atoms with van der Waals surface area (Å²) in [5.74, 6) is 0.0810. The van der Waals surface area contributed by atoms with Crippen molar-refractivity contribution in [2.75, 3.05) is 11.5 Å². The number of rotatable bonds is 3. The van der Waals surface area contributed by atoms with Gasteiger partial charge in [0.25, 0.3) is 0 Å². The number of nitrogens with two attached hydrogens (primary N) is 1. The van der Waals surface area contributed by atoms with Crippen molar-refractivity contribution in [3.63, 3.8) is 0 Å². The highest BCUT2D eigenvalue weighted by Gasteiger charge is 2.13. The predicted octanol–water partition coefficient (Wildman–Crippen LogP) is -0.678. The van der Waals surface area contributed by atoms with Gasteiger partial charge in [-0.25, -0.2) is 8.42 Å². The first kappa shape index (κ1) is 8.98. The Morgan fingerprint density at radius 2 is 2.17 bits per heavy atom. The van der Waals surface area contributed by atoms with Gasteiger partial charge in [-0.2, -0.15) is 10.3 Å². The lowest BCUT2D eigenvalue weighted by Crippen LogP contribution is -2.08. The van der Waals surface area contributed by atoms with Gasteiger partial charge < -0.3 is 5.73 Å². The van der Waals surface area contributed by atoms with E-state index in [1.807, 2.05) is 0 Å². The summed E-state index contributed by atoms with van der Waals surface area (Å²) in [5, 5.41) is 9.38. The molecule has 0 unspecified atom stereocenters. The van der Waals surface area contributed by atoms with Gasteiger partial charge in [0, 0.05) is 5.75 Å². The molecule has 0 bridgehead atoms. The molecule has 0 radical (unpaired) electrons. The third kappa shape index (κ3) is 1.94. The van der Waals surface area contributed by atoms with Crippen molar-refractivity contribution in [3.8, 4) is 0 Å². The molecule has 0 aliphatic rings. The van der Waals surface area contributed by atoms with E-state index in [-0.39, 0.29) is 23.0 Å². The summed E-state index contributed by atoms with van der Waals surface area (Å²) < 4.78 is 22.2. The van der Waals surface area contributed by atoms with Crippen LogP contribution in [0.3, 0.4) is 0 Å². The number of hydrogen-bond acceptors (Lipinski definition) is 5. The Labute approximate surface area is 70.1 Å². The molecule has 6 nitrogen and oxygen atoms in total. The molecule has 1 aromatic heterocycles. The van der Waals surface area contributed by atoms with Crippen LogP contribution >= 0.6 is 0 Å². The van der Waals surface area contributed by atoms with Crippen LogP contribution in [0.15, 0.2) is 0 Å². The molecule has 0 spiro atoms. The van der Waals surface area contributed by atoms with Crippen molar-refractivity contribution in [3.05, 3.63) is 5.69 Å². The quantitative estimate of drug-likeness (QED) is 0.657. The molecule has 1 heterocycles. The van der Waals surface area contributed by atoms with E-state index >= 15 is 0 Å². The largest absolute Gasteiger partial charge is 0.381 e. The highest BCUT2D eigenvalue weighted by atomic mass is 32.2. The van der Waals surface area contributed by atoms with Crippen LogP contribution in [-0.4, -0.2) is 29.6 Å². The van der Waals surface area contributed by atoms with Gasteiger partial charge in [-0.3, -0.25) is 0 Å². The average molecular weight is 190 g/mol. The van der Waals surface area contributed by atoms with Crippen LogP contribution in [0.4, 0.5) is 5.82 Å². The lowest BCUT2D eigenvalue weighted by Gasteiger charge is -1.96. The second kappa shape index (κ2) is 3.10. The van der Waals surface area contributed by atoms with Crippen molar-refractivity contribution in [1.29, 1.82) is 0 Å². The summed E-state index contributed by atoms with van der Waals surface area (Å²) in [5.41, 5.74) is 5.62. The zero-order valence-corrected chi connectivity index (χ0v) is 7.43. The molecule has 0 saturated heterocycles. The van der Waals surface area contributed by atoms with E-state index in [2.05, 4.69) is 15.4 Å². The van der Waals surface area contributed by atoms with Crippen LogP contribution in [-0.2, 0) is 15.6 Å². The molecule has 1 aromatic rings. The number of nitrogens with zero attached hydrogens (tertiary/aromatic N) is 2. The summed E-state index contributed by atoms with van der Waals surface area (Å²) in [6, 6.07) is 0. The summed E-state index contributed by atoms with van der Waals surface area (Å²) in [7, 11) is -3.07. The topological polar surface area (TPSA) is 102 Å². The van der Waals surface area contributed by atoms with Gasteiger partial charge in [0.15, 0.2) is 15.7 Å². The summed E-state index contributed by atoms with van der Waals surface area (Å²) in [6.07, 6.45) is 0. The van der Waals surface area contributed by atoms with E-state index in [9.17, 15) is 8.42 Å². The van der Waals surface area contributed by atoms with Crippen LogP contribution in [0.2, 0.25) is 0 Å². The number of anilines is 1. The fraction of sp³-hybridized carbons (Fsp3) is 0.600. The van der Waals surface area contributed by atoms with E-state index < -0.39 is 9.84 Å². The molecular formula is C5H10N4O2S. The van der Waals surface area contributed by atoms with Crippen LogP contribution in [0.25, 0.3) is 0 Å². The molecule has 0 aromatic carbocycles. The third-order valence-corrected chi connectivity index (χ3v) is 3.04. The zero-order chi connectivity index (χ0) is 9.19. The van der Waals surface area contributed by atoms with Crippen LogP contribution in [0.5, 0.6) is 0 Å². The normalized spacial score (nSPS) is 11.8. The Balaban J connectivity index is 2.84. The van der Waals surface area contributed by atoms with Gasteiger partial charge in [-0.05, 0) is 0 Å². The smallest absolute Gasteiger partial charge is 0.170 e. The second-order valence-electron chi connectivity index (χ2n) is 2.33. The molecule has 0 atom stereocenters. The van der Waals surface area contributed by atoms with Crippen molar-refractivity contribution in [2.45, 2.75) is 12.7 Å². The van der Waals surface area contributed by atoms with E-state index in [0.717, 1.165) is 0 Å². The lowest BCUT2D eigenvalue weighted by molar-refractivity contribution is 0.596. The maximum Gasteiger partial charge on any atom is 0.170 e. The van der Waals surface area contributed by atoms with Gasteiger partial charge in [-0.15, -0.1) is 5.10 Å². The van der Waals surface area contributed by atoms with E-state index in [1.54, 1.807) is 6.92 Å². The highest BCUT2D eigenvalue weighted by Crippen LogP contribution is 2.07. The Kier molecular flexibility index (Phi) is 2.32. The van der Waals surface area contributed by atoms with E-state index in [1.165, 1.54) is 0 Å². The minimum atomic E-state index is -3.07. The number of sulfone groups is 1. The molecule has 0 aliphatic carbocycles. The van der Waals surface area contributed by atoms with Gasteiger partial charge in [0.05, 0.1) is 5.75 Å². The van der Waals surface area contributed by atoms with E-state index in [0.29, 0.717) is 0 Å². The third-order valence-electron chi connectivity index (χ3n) is 1.45. The molecule has 1 rings (SSSR count). The van der Waals surface area contributed by atoms with Gasteiger partial charge in [0.1, 0.15) is 5.69 Å². The molecule has 0 saturated carbocycles. The molecule has 0 amide bonds. The SMILES string of the molecule is CCS(=O)(=O)Cc1n[nH]nc1N. The lowest BCUT2D eigenvalue weighted by atomic mass is 10.5. The number of hydrogen-bond donors (Lipinski definition) is 2. The minimum absolute atomic E-state index is 0.0826. The number of aromatic nitrogens is 3. The average Bonchev–Trinajstić information content (AvgIpc) is 2.36. The van der Waals surface area contributed by atoms with Crippen LogP contribution in [0, 0.1) is 0 Å². The zero-order valence-electron chi connectivity index (χ0n) is 6.61. The Morgan fingerprint density at radius 3 is 2.58 bits per heavy atom. The van der Waals surface area contributed by atoms with Crippen molar-refractivity contribution >= 4 is 15.7 Å². The van der Waals surface area contributed by atoms with Crippen molar-refractivity contribution in [2.24, 2.45) is 0 Å². The Morgan fingerprint density at radius 1 is 1.50 bits per heavy atom. The molecule has 68 valence electrons. The summed E-state index contributed by atoms with van der Waals surface area (Å²) in [4.78, 5) is 0. The maximum atomic E-state index is 11.1. The van der Waals surface area contributed by atoms with Crippen LogP contribution in [0.1, 0.15) is 12.6 Å². The number of aromatic amines is 1. The minimum Gasteiger partial charge on any atom is -0.381 e. The Bertz CT molecular complexity index is 355. The first-order valence-corrected chi connectivity index (χ1v) is 5.23. The predicted molar refractivity (Wildman–Crippen MR) is 44.0 cm³/mol. The molecule has 7 heteroatoms. The monoisotopic (exact) mass is 190 g/mol. The van der Waals surface area contributed by atoms with Gasteiger partial charge in [-0.1, -0.05) is 6.92 Å². The summed E-state index contributed by atoms with van der Waals surface area (Å²) >= 11 is 0. The summed E-state index contributed by atoms with van der Waals surface area (Å²) in [6.45, 7) is 1.58. The maximum absolute atomic E-state index is 11.1. The fourth-order valence-corrected chi connectivity index (χ4v) is 1.51. The van der Waals surface area contributed by atoms with Gasteiger partial charge in [0.2, 0.25) is 0 Å². The standard InChI is InChI=1S/C5H10N4O2S/c1-2-12(10,11)3-4-5(6)8-9-7-4/h2-3H2,1H3,(H3,6,7,8,9). The molecule has 12 heavy (non-hydrogen) atoms. The molecule has 0 fully saturated rings. The second-order valence-corrected chi connectivity index (χ2v) is 4.69. The fourth-order valence-electron chi connectivity index (χ4n) is 0.678. The van der Waals surface area contributed by atoms with Crippen LogP contribution < -0.4 is 5.73 Å². The molecular weight excluding hydrogens is 180 g/mol. The number of H-pyrrole nitrogens is 1. The van der Waals surface area contributed by atoms with E-state index in [4.69, 9.17) is 5.73 Å². The first-order valence-electron chi connectivity index (χ1n) is 3.40. The highest BCUT2D eigenvalue weighted by molar-refractivity contribution is 7.90.